The van der Waals surface area contributed by atoms with Gasteiger partial charge < -0.3 is 19.4 Å². The molecule has 1 atom stereocenters. The van der Waals surface area contributed by atoms with Crippen molar-refractivity contribution in [3.63, 3.8) is 0 Å². The number of benzene rings is 1. The number of hydrogen-bond donors (Lipinski definition) is 0. The van der Waals surface area contributed by atoms with Crippen LogP contribution in [0, 0.1) is 0 Å². The zero-order valence-electron chi connectivity index (χ0n) is 15.8. The largest absolute Gasteiger partial charge is 0.361 e. The highest BCUT2D eigenvalue weighted by Gasteiger charge is 2.44. The van der Waals surface area contributed by atoms with Crippen LogP contribution in [0.4, 0.5) is 5.69 Å². The van der Waals surface area contributed by atoms with Gasteiger partial charge in [-0.1, -0.05) is 18.2 Å². The summed E-state index contributed by atoms with van der Waals surface area (Å²) in [5, 5.41) is 0. The van der Waals surface area contributed by atoms with Crippen LogP contribution >= 0.6 is 0 Å². The topological polar surface area (TPSA) is 53.1 Å². The number of morpholine rings is 1. The van der Waals surface area contributed by atoms with Crippen LogP contribution in [0.5, 0.6) is 0 Å². The first-order valence-corrected chi connectivity index (χ1v) is 9.41. The summed E-state index contributed by atoms with van der Waals surface area (Å²) >= 11 is 0. The molecule has 2 fully saturated rings. The minimum Gasteiger partial charge on any atom is -0.361 e. The SMILES string of the molecule is CN(C)CCCC(=O)N1CCCC2(C1)CN(c1ccccc1)C(=O)CO2. The van der Waals surface area contributed by atoms with Gasteiger partial charge in [0.2, 0.25) is 5.91 Å². The van der Waals surface area contributed by atoms with E-state index in [1.165, 1.54) is 0 Å². The van der Waals surface area contributed by atoms with Gasteiger partial charge in [-0.3, -0.25) is 9.59 Å². The Bertz CT molecular complexity index is 634. The van der Waals surface area contributed by atoms with Crippen molar-refractivity contribution in [1.29, 1.82) is 0 Å². The number of hydrogen-bond acceptors (Lipinski definition) is 4. The zero-order chi connectivity index (χ0) is 18.6. The van der Waals surface area contributed by atoms with Gasteiger partial charge in [0.05, 0.1) is 13.1 Å². The molecule has 2 amide bonds. The number of para-hydroxylation sites is 1. The molecule has 0 bridgehead atoms. The Morgan fingerprint density at radius 3 is 2.73 bits per heavy atom. The Balaban J connectivity index is 1.65. The molecule has 2 saturated heterocycles. The monoisotopic (exact) mass is 359 g/mol. The molecule has 2 aliphatic rings. The molecule has 0 N–H and O–H groups in total. The lowest BCUT2D eigenvalue weighted by molar-refractivity contribution is -0.153. The first-order chi connectivity index (χ1) is 12.5. The van der Waals surface area contributed by atoms with Crippen molar-refractivity contribution in [3.05, 3.63) is 30.3 Å². The molecule has 1 aromatic rings. The number of piperidine rings is 1. The highest BCUT2D eigenvalue weighted by Crippen LogP contribution is 2.32. The van der Waals surface area contributed by atoms with E-state index in [1.54, 1.807) is 0 Å². The van der Waals surface area contributed by atoms with Crippen molar-refractivity contribution >= 4 is 17.5 Å². The standard InChI is InChI=1S/C20H29N3O3/c1-21(2)12-6-10-18(24)22-13-7-11-20(15-22)16-23(19(25)14-26-20)17-8-4-3-5-9-17/h3-5,8-9H,6-7,10-16H2,1-2H3. The Morgan fingerprint density at radius 1 is 1.23 bits per heavy atom. The number of carbonyl (C=O) groups is 2. The highest BCUT2D eigenvalue weighted by atomic mass is 16.5. The second-order valence-corrected chi connectivity index (χ2v) is 7.61. The Labute approximate surface area is 155 Å². The lowest BCUT2D eigenvalue weighted by Crippen LogP contribution is -2.62. The van der Waals surface area contributed by atoms with Gasteiger partial charge in [0.15, 0.2) is 0 Å². The third-order valence-corrected chi connectivity index (χ3v) is 5.21. The summed E-state index contributed by atoms with van der Waals surface area (Å²) in [5.74, 6) is 0.175. The van der Waals surface area contributed by atoms with Gasteiger partial charge in [-0.2, -0.15) is 0 Å². The van der Waals surface area contributed by atoms with E-state index in [1.807, 2.05) is 54.2 Å². The molecule has 0 aromatic heterocycles. The van der Waals surface area contributed by atoms with Crippen LogP contribution in [0.3, 0.4) is 0 Å². The number of ether oxygens (including phenoxy) is 1. The molecule has 0 radical (unpaired) electrons. The number of nitrogens with zero attached hydrogens (tertiary/aromatic N) is 3. The third-order valence-electron chi connectivity index (χ3n) is 5.21. The third kappa shape index (κ3) is 4.43. The van der Waals surface area contributed by atoms with Gasteiger partial charge in [0.1, 0.15) is 12.2 Å². The molecule has 6 nitrogen and oxygen atoms in total. The van der Waals surface area contributed by atoms with Crippen molar-refractivity contribution in [2.75, 3.05) is 51.8 Å². The van der Waals surface area contributed by atoms with E-state index < -0.39 is 5.60 Å². The summed E-state index contributed by atoms with van der Waals surface area (Å²) in [6, 6.07) is 9.71. The maximum Gasteiger partial charge on any atom is 0.253 e. The van der Waals surface area contributed by atoms with Gasteiger partial charge in [-0.15, -0.1) is 0 Å². The van der Waals surface area contributed by atoms with Gasteiger partial charge in [-0.05, 0) is 52.0 Å². The summed E-state index contributed by atoms with van der Waals surface area (Å²) in [5.41, 5.74) is 0.453. The fourth-order valence-electron chi connectivity index (χ4n) is 3.82. The molecule has 1 aromatic carbocycles. The predicted molar refractivity (Wildman–Crippen MR) is 101 cm³/mol. The van der Waals surface area contributed by atoms with Gasteiger partial charge >= 0.3 is 0 Å². The Kier molecular flexibility index (Phi) is 5.94. The molecule has 2 aliphatic heterocycles. The quantitative estimate of drug-likeness (QED) is 0.804. The van der Waals surface area contributed by atoms with Crippen molar-refractivity contribution in [3.8, 4) is 0 Å². The van der Waals surface area contributed by atoms with Crippen LogP contribution in [-0.2, 0) is 14.3 Å². The number of carbonyl (C=O) groups excluding carboxylic acids is 2. The number of amides is 2. The first kappa shape index (κ1) is 18.9. The molecule has 1 unspecified atom stereocenters. The fourth-order valence-corrected chi connectivity index (χ4v) is 3.82. The average Bonchev–Trinajstić information content (AvgIpc) is 2.64. The van der Waals surface area contributed by atoms with E-state index in [2.05, 4.69) is 4.90 Å². The lowest BCUT2D eigenvalue weighted by Gasteiger charge is -2.47. The van der Waals surface area contributed by atoms with Crippen molar-refractivity contribution < 1.29 is 14.3 Å². The molecular formula is C20H29N3O3. The number of rotatable bonds is 5. The molecule has 26 heavy (non-hydrogen) atoms. The molecule has 1 spiro atoms. The Morgan fingerprint density at radius 2 is 2.00 bits per heavy atom. The second-order valence-electron chi connectivity index (χ2n) is 7.61. The summed E-state index contributed by atoms with van der Waals surface area (Å²) < 4.78 is 6.00. The zero-order valence-corrected chi connectivity index (χ0v) is 15.8. The van der Waals surface area contributed by atoms with Gasteiger partial charge in [0.25, 0.3) is 5.91 Å². The van der Waals surface area contributed by atoms with E-state index in [9.17, 15) is 9.59 Å². The van der Waals surface area contributed by atoms with Crippen LogP contribution in [0.2, 0.25) is 0 Å². The highest BCUT2D eigenvalue weighted by molar-refractivity contribution is 5.95. The van der Waals surface area contributed by atoms with Crippen LogP contribution in [-0.4, -0.2) is 74.1 Å². The van der Waals surface area contributed by atoms with Gasteiger partial charge in [0, 0.05) is 18.7 Å². The molecule has 2 heterocycles. The molecule has 0 saturated carbocycles. The maximum absolute atomic E-state index is 12.6. The maximum atomic E-state index is 12.6. The summed E-state index contributed by atoms with van der Waals surface area (Å²) in [4.78, 5) is 30.8. The van der Waals surface area contributed by atoms with Crippen molar-refractivity contribution in [1.82, 2.24) is 9.80 Å². The van der Waals surface area contributed by atoms with E-state index in [0.29, 0.717) is 19.5 Å². The molecule has 6 heteroatoms. The van der Waals surface area contributed by atoms with Crippen LogP contribution in [0.15, 0.2) is 30.3 Å². The molecule has 142 valence electrons. The molecular weight excluding hydrogens is 330 g/mol. The van der Waals surface area contributed by atoms with E-state index in [0.717, 1.165) is 38.0 Å². The minimum atomic E-state index is -0.445. The Hall–Kier alpha value is -1.92. The normalized spacial score (nSPS) is 23.7. The lowest BCUT2D eigenvalue weighted by atomic mass is 9.90. The molecule has 0 aliphatic carbocycles. The van der Waals surface area contributed by atoms with Gasteiger partial charge in [-0.25, -0.2) is 0 Å². The smallest absolute Gasteiger partial charge is 0.253 e. The second kappa shape index (κ2) is 8.18. The van der Waals surface area contributed by atoms with Crippen LogP contribution < -0.4 is 4.90 Å². The number of anilines is 1. The minimum absolute atomic E-state index is 0.0174. The average molecular weight is 359 g/mol. The van der Waals surface area contributed by atoms with E-state index in [-0.39, 0.29) is 18.4 Å². The fraction of sp³-hybridized carbons (Fsp3) is 0.600. The van der Waals surface area contributed by atoms with Crippen molar-refractivity contribution in [2.24, 2.45) is 0 Å². The predicted octanol–water partition coefficient (Wildman–Crippen LogP) is 1.75. The summed E-state index contributed by atoms with van der Waals surface area (Å²) in [7, 11) is 4.04. The number of likely N-dealkylation sites (tertiary alicyclic amines) is 1. The summed E-state index contributed by atoms with van der Waals surface area (Å²) in [6.45, 7) is 2.86. The van der Waals surface area contributed by atoms with E-state index >= 15 is 0 Å². The van der Waals surface area contributed by atoms with E-state index in [4.69, 9.17) is 4.74 Å². The first-order valence-electron chi connectivity index (χ1n) is 9.41. The van der Waals surface area contributed by atoms with Crippen LogP contribution in [0.1, 0.15) is 25.7 Å². The van der Waals surface area contributed by atoms with Crippen LogP contribution in [0.25, 0.3) is 0 Å². The van der Waals surface area contributed by atoms with Crippen molar-refractivity contribution in [2.45, 2.75) is 31.3 Å². The summed E-state index contributed by atoms with van der Waals surface area (Å²) in [6.07, 6.45) is 3.22. The molecule has 3 rings (SSSR count).